The van der Waals surface area contributed by atoms with Crippen molar-refractivity contribution >= 4 is 11.9 Å². The van der Waals surface area contributed by atoms with Gasteiger partial charge < -0.3 is 5.14 Å². The Morgan fingerprint density at radius 3 is 2.30 bits per heavy atom. The Bertz CT molecular complexity index is 167. The Morgan fingerprint density at radius 2 is 1.80 bits per heavy atom. The molecule has 0 fully saturated rings. The summed E-state index contributed by atoms with van der Waals surface area (Å²) < 4.78 is 0. The summed E-state index contributed by atoms with van der Waals surface area (Å²) in [4.78, 5) is 0. The molecule has 0 aromatic heterocycles. The van der Waals surface area contributed by atoms with Crippen molar-refractivity contribution in [3.8, 4) is 0 Å². The second-order valence-electron chi connectivity index (χ2n) is 1.77. The second-order valence-corrected chi connectivity index (χ2v) is 2.35. The molecule has 1 aromatic carbocycles. The van der Waals surface area contributed by atoms with Crippen molar-refractivity contribution in [2.24, 2.45) is 0 Å². The van der Waals surface area contributed by atoms with E-state index in [1.54, 1.807) is 0 Å². The van der Waals surface area contributed by atoms with Crippen LogP contribution in [0.25, 0.3) is 5.14 Å². The molecule has 1 rings (SSSR count). The van der Waals surface area contributed by atoms with Gasteiger partial charge in [0, 0.05) is 0 Å². The van der Waals surface area contributed by atoms with Crippen LogP contribution in [0.3, 0.4) is 0 Å². The summed E-state index contributed by atoms with van der Waals surface area (Å²) in [5, 5.41) is 6.86. The normalized spacial score (nSPS) is 8.50. The van der Waals surface area contributed by atoms with Crippen molar-refractivity contribution in [3.05, 3.63) is 41.0 Å². The smallest absolute Gasteiger partial charge is 0.621 e. The fourth-order valence-electron chi connectivity index (χ4n) is 0.658. The molecule has 0 aliphatic rings. The van der Waals surface area contributed by atoms with Crippen LogP contribution in [0, 0.1) is 0 Å². The summed E-state index contributed by atoms with van der Waals surface area (Å²) in [7, 11) is 0. The van der Waals surface area contributed by atoms with E-state index in [1.165, 1.54) is 5.56 Å². The molecule has 0 saturated heterocycles. The van der Waals surface area contributed by atoms with Crippen LogP contribution in [0.15, 0.2) is 30.3 Å². The van der Waals surface area contributed by atoms with Gasteiger partial charge in [0.1, 0.15) is 0 Å². The van der Waals surface area contributed by atoms with E-state index < -0.39 is 0 Å². The maximum Gasteiger partial charge on any atom is 1.00 e. The summed E-state index contributed by atoms with van der Waals surface area (Å²) in [6.07, 6.45) is 0. The quantitative estimate of drug-likeness (QED) is 0.457. The van der Waals surface area contributed by atoms with Gasteiger partial charge in [-0.25, -0.2) is 0 Å². The van der Waals surface area contributed by atoms with E-state index in [9.17, 15) is 0 Å². The standard InChI is InChI=1S/C7H8NS.K/c8-9-6-7-4-2-1-3-5-7;/h1-5,8H,6H2;/q-1;+1. The Morgan fingerprint density at radius 1 is 1.20 bits per heavy atom. The van der Waals surface area contributed by atoms with Gasteiger partial charge in [-0.3, -0.25) is 11.9 Å². The van der Waals surface area contributed by atoms with Gasteiger partial charge in [0.05, 0.1) is 0 Å². The van der Waals surface area contributed by atoms with Gasteiger partial charge in [0.15, 0.2) is 0 Å². The van der Waals surface area contributed by atoms with E-state index >= 15 is 0 Å². The van der Waals surface area contributed by atoms with Gasteiger partial charge in [-0.2, -0.15) is 0 Å². The molecule has 0 spiro atoms. The van der Waals surface area contributed by atoms with Crippen LogP contribution >= 0.6 is 11.9 Å². The van der Waals surface area contributed by atoms with Gasteiger partial charge in [0.25, 0.3) is 0 Å². The maximum atomic E-state index is 6.86. The average Bonchev–Trinajstić information content (AvgIpc) is 1.91. The van der Waals surface area contributed by atoms with Gasteiger partial charge in [-0.15, -0.1) is 0 Å². The van der Waals surface area contributed by atoms with Crippen molar-refractivity contribution in [1.29, 1.82) is 0 Å². The molecule has 0 unspecified atom stereocenters. The topological polar surface area (TPSA) is 23.8 Å². The summed E-state index contributed by atoms with van der Waals surface area (Å²) in [5.41, 5.74) is 1.22. The SMILES string of the molecule is [K+].[NH-]SCc1ccccc1. The number of benzene rings is 1. The Labute approximate surface area is 108 Å². The molecule has 0 heterocycles. The first-order valence-corrected chi connectivity index (χ1v) is 3.74. The molecule has 0 bridgehead atoms. The van der Waals surface area contributed by atoms with E-state index in [0.29, 0.717) is 0 Å². The number of rotatable bonds is 2. The molecule has 48 valence electrons. The molecule has 0 aliphatic carbocycles. The number of hydrogen-bond donors (Lipinski definition) is 0. The summed E-state index contributed by atoms with van der Waals surface area (Å²) in [6.45, 7) is 0. The molecule has 0 saturated carbocycles. The molecule has 1 nitrogen and oxygen atoms in total. The first kappa shape index (κ1) is 11.2. The Kier molecular flexibility index (Phi) is 7.65. The van der Waals surface area contributed by atoms with Crippen LogP contribution in [0.1, 0.15) is 5.56 Å². The van der Waals surface area contributed by atoms with Crippen LogP contribution in [0.5, 0.6) is 0 Å². The molecule has 0 amide bonds. The van der Waals surface area contributed by atoms with Gasteiger partial charge >= 0.3 is 51.4 Å². The first-order chi connectivity index (χ1) is 4.43. The third kappa shape index (κ3) is 4.13. The minimum atomic E-state index is 0. The number of hydrogen-bond acceptors (Lipinski definition) is 1. The molecule has 0 radical (unpaired) electrons. The zero-order valence-corrected chi connectivity index (χ0v) is 9.94. The van der Waals surface area contributed by atoms with Gasteiger partial charge in [-0.05, 0) is 11.3 Å². The summed E-state index contributed by atoms with van der Waals surface area (Å²) >= 11 is 1.10. The van der Waals surface area contributed by atoms with Gasteiger partial charge in [0.2, 0.25) is 0 Å². The molecular formula is C7H8KNS. The Balaban J connectivity index is 0.000000810. The molecule has 1 N–H and O–H groups in total. The van der Waals surface area contributed by atoms with Crippen molar-refractivity contribution < 1.29 is 51.4 Å². The monoisotopic (exact) mass is 177 g/mol. The predicted octanol–water partition coefficient (Wildman–Crippen LogP) is -0.109. The maximum absolute atomic E-state index is 6.86. The third-order valence-corrected chi connectivity index (χ3v) is 1.56. The molecule has 0 aliphatic heterocycles. The largest absolute Gasteiger partial charge is 1.00 e. The van der Waals surface area contributed by atoms with Crippen LogP contribution in [-0.4, -0.2) is 0 Å². The zero-order chi connectivity index (χ0) is 6.53. The summed E-state index contributed by atoms with van der Waals surface area (Å²) in [6, 6.07) is 10.0. The number of nitrogens with one attached hydrogen (secondary N) is 1. The van der Waals surface area contributed by atoms with E-state index in [-0.39, 0.29) is 51.4 Å². The van der Waals surface area contributed by atoms with Crippen molar-refractivity contribution in [2.75, 3.05) is 0 Å². The summed E-state index contributed by atoms with van der Waals surface area (Å²) in [5.74, 6) is 0.792. The molecular weight excluding hydrogens is 169 g/mol. The Hall–Kier alpha value is 1.17. The first-order valence-electron chi connectivity index (χ1n) is 2.76. The minimum absolute atomic E-state index is 0. The molecule has 10 heavy (non-hydrogen) atoms. The van der Waals surface area contributed by atoms with Crippen molar-refractivity contribution in [1.82, 2.24) is 0 Å². The average molecular weight is 177 g/mol. The van der Waals surface area contributed by atoms with E-state index in [4.69, 9.17) is 5.14 Å². The van der Waals surface area contributed by atoms with E-state index in [0.717, 1.165) is 17.7 Å². The van der Waals surface area contributed by atoms with Crippen LogP contribution < -0.4 is 51.4 Å². The predicted molar refractivity (Wildman–Crippen MR) is 42.1 cm³/mol. The fraction of sp³-hybridized carbons (Fsp3) is 0.143. The molecule has 0 atom stereocenters. The minimum Gasteiger partial charge on any atom is -0.621 e. The van der Waals surface area contributed by atoms with E-state index in [1.807, 2.05) is 30.3 Å². The van der Waals surface area contributed by atoms with Crippen molar-refractivity contribution in [2.45, 2.75) is 5.75 Å². The van der Waals surface area contributed by atoms with Crippen LogP contribution in [0.4, 0.5) is 0 Å². The third-order valence-electron chi connectivity index (χ3n) is 1.08. The zero-order valence-electron chi connectivity index (χ0n) is 6.00. The van der Waals surface area contributed by atoms with Gasteiger partial charge in [-0.1, -0.05) is 30.3 Å². The molecule has 1 aromatic rings. The van der Waals surface area contributed by atoms with Crippen LogP contribution in [0.2, 0.25) is 0 Å². The van der Waals surface area contributed by atoms with E-state index in [2.05, 4.69) is 0 Å². The van der Waals surface area contributed by atoms with Crippen LogP contribution in [-0.2, 0) is 5.75 Å². The molecule has 3 heteroatoms. The fourth-order valence-corrected chi connectivity index (χ4v) is 1.02. The van der Waals surface area contributed by atoms with Crippen molar-refractivity contribution in [3.63, 3.8) is 0 Å². The second kappa shape index (κ2) is 6.85.